The summed E-state index contributed by atoms with van der Waals surface area (Å²) >= 11 is 0. The smallest absolute Gasteiger partial charge is 0.253 e. The minimum atomic E-state index is -0.713. The van der Waals surface area contributed by atoms with Crippen LogP contribution >= 0.6 is 0 Å². The number of H-pyrrole nitrogens is 1. The van der Waals surface area contributed by atoms with Gasteiger partial charge in [-0.3, -0.25) is 14.9 Å². The second-order valence-corrected chi connectivity index (χ2v) is 6.84. The number of aromatic amines is 1. The Hall–Kier alpha value is -3.49. The standard InChI is InChI=1S/C18H18N8O/c19-17-22-14-12(10-20-25-14)15(23-17)26-8-6-18(7-9-26)16(27)21-13(24-18)11-4-2-1-3-5-11/h1-5,10H,6-9H2,(H,21,24,27)(H3,19,20,22,23,25). The number of aliphatic imine (C=N–C) groups is 1. The van der Waals surface area contributed by atoms with Crippen molar-refractivity contribution < 1.29 is 4.79 Å². The van der Waals surface area contributed by atoms with Crippen molar-refractivity contribution in [1.82, 2.24) is 25.5 Å². The van der Waals surface area contributed by atoms with Crippen molar-refractivity contribution in [2.75, 3.05) is 23.7 Å². The summed E-state index contributed by atoms with van der Waals surface area (Å²) in [5.74, 6) is 1.56. The number of hydrogen-bond acceptors (Lipinski definition) is 7. The van der Waals surface area contributed by atoms with E-state index < -0.39 is 5.54 Å². The number of hydrogen-bond donors (Lipinski definition) is 3. The average molecular weight is 362 g/mol. The van der Waals surface area contributed by atoms with E-state index in [1.165, 1.54) is 0 Å². The van der Waals surface area contributed by atoms with Crippen LogP contribution < -0.4 is 16.0 Å². The molecule has 0 atom stereocenters. The van der Waals surface area contributed by atoms with E-state index in [0.29, 0.717) is 37.4 Å². The molecule has 3 aromatic rings. The fourth-order valence-electron chi connectivity index (χ4n) is 3.75. The molecule has 136 valence electrons. The average Bonchev–Trinajstić information content (AvgIpc) is 3.28. The largest absolute Gasteiger partial charge is 0.368 e. The Kier molecular flexibility index (Phi) is 3.36. The first-order valence-corrected chi connectivity index (χ1v) is 8.83. The number of piperidine rings is 1. The number of nitrogen functional groups attached to an aromatic ring is 1. The minimum Gasteiger partial charge on any atom is -0.368 e. The molecule has 1 aromatic carbocycles. The third-order valence-corrected chi connectivity index (χ3v) is 5.22. The first-order chi connectivity index (χ1) is 13.1. The molecule has 9 heteroatoms. The van der Waals surface area contributed by atoms with Crippen molar-refractivity contribution in [2.45, 2.75) is 18.4 Å². The number of nitrogens with one attached hydrogen (secondary N) is 2. The molecule has 0 bridgehead atoms. The van der Waals surface area contributed by atoms with Gasteiger partial charge in [-0.05, 0) is 12.8 Å². The van der Waals surface area contributed by atoms with E-state index in [2.05, 4.69) is 30.4 Å². The molecule has 2 aliphatic rings. The number of fused-ring (bicyclic) bond motifs is 1. The molecule has 4 N–H and O–H groups in total. The van der Waals surface area contributed by atoms with Gasteiger partial charge < -0.3 is 16.0 Å². The van der Waals surface area contributed by atoms with Gasteiger partial charge in [0.25, 0.3) is 5.91 Å². The second kappa shape index (κ2) is 5.76. The highest BCUT2D eigenvalue weighted by Gasteiger charge is 2.46. The van der Waals surface area contributed by atoms with Crippen molar-refractivity contribution in [2.24, 2.45) is 4.99 Å². The van der Waals surface area contributed by atoms with Gasteiger partial charge >= 0.3 is 0 Å². The summed E-state index contributed by atoms with van der Waals surface area (Å²) in [5, 5.41) is 10.6. The minimum absolute atomic E-state index is 0.0309. The molecule has 1 amide bonds. The molecule has 1 spiro atoms. The number of nitrogens with two attached hydrogens (primary N) is 1. The zero-order valence-electron chi connectivity index (χ0n) is 14.5. The second-order valence-electron chi connectivity index (χ2n) is 6.84. The van der Waals surface area contributed by atoms with Crippen LogP contribution in [0, 0.1) is 0 Å². The van der Waals surface area contributed by atoms with E-state index in [9.17, 15) is 4.79 Å². The third kappa shape index (κ3) is 2.50. The zero-order valence-corrected chi connectivity index (χ0v) is 14.5. The molecular formula is C18H18N8O. The molecule has 4 heterocycles. The molecule has 2 aromatic heterocycles. The Bertz CT molecular complexity index is 1050. The van der Waals surface area contributed by atoms with Crippen LogP contribution in [0.15, 0.2) is 41.5 Å². The Morgan fingerprint density at radius 2 is 1.89 bits per heavy atom. The lowest BCUT2D eigenvalue weighted by Crippen LogP contribution is -2.49. The van der Waals surface area contributed by atoms with E-state index in [0.717, 1.165) is 16.8 Å². The lowest BCUT2D eigenvalue weighted by atomic mass is 9.88. The SMILES string of the molecule is Nc1nc(N2CCC3(CC2)N=C(c2ccccc2)NC3=O)c2cn[nH]c2n1. The summed E-state index contributed by atoms with van der Waals surface area (Å²) in [5.41, 5.74) is 6.65. The Labute approximate surface area is 154 Å². The lowest BCUT2D eigenvalue weighted by Gasteiger charge is -2.36. The van der Waals surface area contributed by atoms with Crippen molar-refractivity contribution in [3.63, 3.8) is 0 Å². The maximum absolute atomic E-state index is 12.7. The monoisotopic (exact) mass is 362 g/mol. The number of amides is 1. The maximum atomic E-state index is 12.7. The molecular weight excluding hydrogens is 344 g/mol. The Morgan fingerprint density at radius 1 is 1.11 bits per heavy atom. The molecule has 0 radical (unpaired) electrons. The number of carbonyl (C=O) groups is 1. The molecule has 0 unspecified atom stereocenters. The predicted octanol–water partition coefficient (Wildman–Crippen LogP) is 0.851. The molecule has 9 nitrogen and oxygen atoms in total. The highest BCUT2D eigenvalue weighted by atomic mass is 16.2. The van der Waals surface area contributed by atoms with E-state index in [1.807, 2.05) is 30.3 Å². The number of aromatic nitrogens is 4. The number of carbonyl (C=O) groups excluding carboxylic acids is 1. The lowest BCUT2D eigenvalue weighted by molar-refractivity contribution is -0.124. The molecule has 0 aliphatic carbocycles. The van der Waals surface area contributed by atoms with Gasteiger partial charge in [0.15, 0.2) is 5.65 Å². The van der Waals surface area contributed by atoms with Crippen molar-refractivity contribution in [1.29, 1.82) is 0 Å². The van der Waals surface area contributed by atoms with Crippen molar-refractivity contribution in [3.05, 3.63) is 42.1 Å². The van der Waals surface area contributed by atoms with Crippen LogP contribution in [0.4, 0.5) is 11.8 Å². The van der Waals surface area contributed by atoms with Crippen LogP contribution in [0.25, 0.3) is 11.0 Å². The van der Waals surface area contributed by atoms with Gasteiger partial charge in [-0.2, -0.15) is 15.1 Å². The quantitative estimate of drug-likeness (QED) is 0.621. The Balaban J connectivity index is 1.42. The van der Waals surface area contributed by atoms with E-state index in [1.54, 1.807) is 6.20 Å². The van der Waals surface area contributed by atoms with Gasteiger partial charge in [0.05, 0.1) is 11.6 Å². The highest BCUT2D eigenvalue weighted by molar-refractivity contribution is 6.15. The summed E-state index contributed by atoms with van der Waals surface area (Å²) in [4.78, 5) is 28.1. The summed E-state index contributed by atoms with van der Waals surface area (Å²) < 4.78 is 0. The molecule has 5 rings (SSSR count). The summed E-state index contributed by atoms with van der Waals surface area (Å²) in [6.45, 7) is 1.30. The van der Waals surface area contributed by atoms with Crippen LogP contribution in [0.5, 0.6) is 0 Å². The topological polar surface area (TPSA) is 125 Å². The molecule has 1 saturated heterocycles. The van der Waals surface area contributed by atoms with Gasteiger partial charge in [-0.25, -0.2) is 0 Å². The molecule has 0 saturated carbocycles. The fraction of sp³-hybridized carbons (Fsp3) is 0.278. The van der Waals surface area contributed by atoms with E-state index in [-0.39, 0.29) is 11.9 Å². The van der Waals surface area contributed by atoms with Crippen LogP contribution in [-0.4, -0.2) is 50.5 Å². The number of benzene rings is 1. The van der Waals surface area contributed by atoms with Crippen molar-refractivity contribution >= 4 is 34.5 Å². The predicted molar refractivity (Wildman–Crippen MR) is 101 cm³/mol. The van der Waals surface area contributed by atoms with Gasteiger partial charge in [0.2, 0.25) is 5.95 Å². The Morgan fingerprint density at radius 3 is 2.67 bits per heavy atom. The van der Waals surface area contributed by atoms with Crippen molar-refractivity contribution in [3.8, 4) is 0 Å². The first-order valence-electron chi connectivity index (χ1n) is 8.83. The number of amidine groups is 1. The van der Waals surface area contributed by atoms with Gasteiger partial charge in [-0.15, -0.1) is 0 Å². The van der Waals surface area contributed by atoms with Crippen LogP contribution in [-0.2, 0) is 4.79 Å². The van der Waals surface area contributed by atoms with Gasteiger partial charge in [0.1, 0.15) is 17.2 Å². The normalized spacial score (nSPS) is 18.7. The number of rotatable bonds is 2. The third-order valence-electron chi connectivity index (χ3n) is 5.22. The molecule has 27 heavy (non-hydrogen) atoms. The number of anilines is 2. The zero-order chi connectivity index (χ0) is 18.4. The maximum Gasteiger partial charge on any atom is 0.253 e. The summed E-state index contributed by atoms with van der Waals surface area (Å²) in [7, 11) is 0. The first kappa shape index (κ1) is 15.7. The van der Waals surface area contributed by atoms with Crippen LogP contribution in [0.3, 0.4) is 0 Å². The van der Waals surface area contributed by atoms with E-state index in [4.69, 9.17) is 10.7 Å². The number of nitrogens with zero attached hydrogens (tertiary/aromatic N) is 5. The molecule has 2 aliphatic heterocycles. The van der Waals surface area contributed by atoms with Crippen LogP contribution in [0.2, 0.25) is 0 Å². The highest BCUT2D eigenvalue weighted by Crippen LogP contribution is 2.34. The molecule has 1 fully saturated rings. The van der Waals surface area contributed by atoms with Crippen LogP contribution in [0.1, 0.15) is 18.4 Å². The van der Waals surface area contributed by atoms with Gasteiger partial charge in [-0.1, -0.05) is 30.3 Å². The van der Waals surface area contributed by atoms with Gasteiger partial charge in [0, 0.05) is 18.7 Å². The summed E-state index contributed by atoms with van der Waals surface area (Å²) in [6, 6.07) is 9.72. The fourth-order valence-corrected chi connectivity index (χ4v) is 3.75. The summed E-state index contributed by atoms with van der Waals surface area (Å²) in [6.07, 6.45) is 2.92. The van der Waals surface area contributed by atoms with E-state index >= 15 is 0 Å².